The fourth-order valence-electron chi connectivity index (χ4n) is 7.74. The number of dihydropyridines is 1. The predicted octanol–water partition coefficient (Wildman–Crippen LogP) is 7.95. The Morgan fingerprint density at radius 3 is 2.60 bits per heavy atom. The summed E-state index contributed by atoms with van der Waals surface area (Å²) in [6, 6.07) is 7.05. The van der Waals surface area contributed by atoms with Crippen molar-refractivity contribution < 1.29 is 4.74 Å². The average molecular weight is 550 g/mol. The fraction of sp³-hybridized carbons (Fsp3) is 0.316. The Labute approximate surface area is 248 Å². The Bertz CT molecular complexity index is 1700. The highest BCUT2D eigenvalue weighted by atomic mass is 16.5. The molecule has 0 bridgehead atoms. The van der Waals surface area contributed by atoms with Crippen molar-refractivity contribution in [2.24, 2.45) is 22.7 Å². The van der Waals surface area contributed by atoms with E-state index in [2.05, 4.69) is 126 Å². The zero-order valence-electron chi connectivity index (χ0n) is 24.1. The number of nitriles is 1. The van der Waals surface area contributed by atoms with E-state index in [9.17, 15) is 5.26 Å². The van der Waals surface area contributed by atoms with E-state index >= 15 is 0 Å². The largest absolute Gasteiger partial charge is 0.485 e. The van der Waals surface area contributed by atoms with Crippen molar-refractivity contribution in [2.75, 3.05) is 4.90 Å². The molecular weight excluding hydrogens is 514 g/mol. The predicted molar refractivity (Wildman–Crippen MR) is 170 cm³/mol. The quantitative estimate of drug-likeness (QED) is 0.384. The Hall–Kier alpha value is -4.36. The number of benzene rings is 1. The lowest BCUT2D eigenvalue weighted by Crippen LogP contribution is -2.33. The molecule has 0 radical (unpaired) electrons. The molecule has 0 spiro atoms. The highest BCUT2D eigenvalue weighted by molar-refractivity contribution is 5.82. The van der Waals surface area contributed by atoms with E-state index in [1.54, 1.807) is 0 Å². The molecule has 1 aromatic rings. The standard InChI is InChI=1S/C38H35N3O/c1-24-14-15-28(21-31(24)26-9-7-8-25(20-26)27-18-19-38(2,23-39)40-22-27)41-32-12-5-3-10-29(32)36-33(41)16-17-35-37(36)30-11-4-6-13-34(30)42-35/h3-7,9-18,20-22,24-25,29-32,34H,8,19H2,1-2H3. The van der Waals surface area contributed by atoms with E-state index < -0.39 is 5.54 Å². The van der Waals surface area contributed by atoms with Crippen molar-refractivity contribution in [3.05, 3.63) is 131 Å². The molecule has 0 saturated heterocycles. The van der Waals surface area contributed by atoms with Gasteiger partial charge in [-0.25, -0.2) is 0 Å². The second kappa shape index (κ2) is 9.60. The monoisotopic (exact) mass is 549 g/mol. The van der Waals surface area contributed by atoms with Crippen LogP contribution < -0.4 is 9.64 Å². The van der Waals surface area contributed by atoms with Crippen LogP contribution in [0.15, 0.2) is 125 Å². The van der Waals surface area contributed by atoms with Gasteiger partial charge in [-0.3, -0.25) is 4.99 Å². The first-order valence-corrected chi connectivity index (χ1v) is 15.3. The van der Waals surface area contributed by atoms with Gasteiger partial charge in [-0.15, -0.1) is 0 Å². The van der Waals surface area contributed by atoms with E-state index in [1.807, 2.05) is 13.1 Å². The molecule has 42 heavy (non-hydrogen) atoms. The molecule has 0 amide bonds. The molecule has 7 aliphatic rings. The molecule has 1 aromatic carbocycles. The molecule has 4 heteroatoms. The number of rotatable bonds is 3. The van der Waals surface area contributed by atoms with E-state index in [4.69, 9.17) is 4.74 Å². The lowest BCUT2D eigenvalue weighted by molar-refractivity contribution is 0.269. The summed E-state index contributed by atoms with van der Waals surface area (Å²) in [5.41, 5.74) is 7.29. The summed E-state index contributed by atoms with van der Waals surface area (Å²) in [6.07, 6.45) is 38.1. The number of hydrogen-bond donors (Lipinski definition) is 0. The first-order valence-electron chi connectivity index (χ1n) is 15.3. The topological polar surface area (TPSA) is 48.6 Å². The van der Waals surface area contributed by atoms with Gasteiger partial charge >= 0.3 is 0 Å². The Kier molecular flexibility index (Phi) is 5.79. The van der Waals surface area contributed by atoms with Crippen molar-refractivity contribution in [1.29, 1.82) is 5.26 Å². The number of aliphatic imine (C=N–C) groups is 1. The lowest BCUT2D eigenvalue weighted by atomic mass is 9.77. The molecule has 3 heterocycles. The molecule has 8 rings (SSSR count). The van der Waals surface area contributed by atoms with Crippen molar-refractivity contribution in [2.45, 2.75) is 56.2 Å². The van der Waals surface area contributed by atoms with Gasteiger partial charge < -0.3 is 9.64 Å². The zero-order chi connectivity index (χ0) is 28.4. The average Bonchev–Trinajstić information content (AvgIpc) is 3.57. The summed E-state index contributed by atoms with van der Waals surface area (Å²) in [6.45, 7) is 4.23. The van der Waals surface area contributed by atoms with Crippen LogP contribution in [0.4, 0.5) is 5.69 Å². The summed E-state index contributed by atoms with van der Waals surface area (Å²) < 4.78 is 6.41. The highest BCUT2D eigenvalue weighted by Gasteiger charge is 2.45. The molecule has 0 fully saturated rings. The molecule has 8 atom stereocenters. The maximum atomic E-state index is 9.48. The number of nitrogens with zero attached hydrogens (tertiary/aromatic N) is 3. The fourth-order valence-corrected chi connectivity index (χ4v) is 7.74. The molecule has 8 unspecified atom stereocenters. The summed E-state index contributed by atoms with van der Waals surface area (Å²) in [7, 11) is 0. The van der Waals surface area contributed by atoms with Gasteiger partial charge in [0.2, 0.25) is 0 Å². The molecule has 4 nitrogen and oxygen atoms in total. The van der Waals surface area contributed by atoms with E-state index in [1.165, 1.54) is 33.7 Å². The summed E-state index contributed by atoms with van der Waals surface area (Å²) in [4.78, 5) is 7.16. The van der Waals surface area contributed by atoms with Crippen molar-refractivity contribution in [1.82, 2.24) is 0 Å². The third-order valence-electron chi connectivity index (χ3n) is 10.0. The minimum Gasteiger partial charge on any atom is -0.485 e. The maximum absolute atomic E-state index is 9.48. The van der Waals surface area contributed by atoms with Crippen molar-refractivity contribution in [3.63, 3.8) is 0 Å². The van der Waals surface area contributed by atoms with Crippen LogP contribution in [0.3, 0.4) is 0 Å². The van der Waals surface area contributed by atoms with E-state index in [-0.39, 0.29) is 24.0 Å². The second-order valence-electron chi connectivity index (χ2n) is 12.7. The minimum absolute atomic E-state index is 0.0853. The number of fused-ring (bicyclic) bond motifs is 7. The van der Waals surface area contributed by atoms with Gasteiger partial charge in [0, 0.05) is 53.3 Å². The Morgan fingerprint density at radius 1 is 0.929 bits per heavy atom. The number of anilines is 1. The van der Waals surface area contributed by atoms with Crippen LogP contribution in [-0.4, -0.2) is 23.9 Å². The van der Waals surface area contributed by atoms with Crippen LogP contribution in [0, 0.1) is 29.1 Å². The van der Waals surface area contributed by atoms with Crippen LogP contribution in [0.5, 0.6) is 5.75 Å². The van der Waals surface area contributed by atoms with E-state index in [0.717, 1.165) is 12.2 Å². The third-order valence-corrected chi connectivity index (χ3v) is 10.0. The van der Waals surface area contributed by atoms with Crippen LogP contribution >= 0.6 is 0 Å². The summed E-state index contributed by atoms with van der Waals surface area (Å²) >= 11 is 0. The van der Waals surface area contributed by atoms with E-state index in [0.29, 0.717) is 24.2 Å². The lowest BCUT2D eigenvalue weighted by Gasteiger charge is -2.34. The zero-order valence-corrected chi connectivity index (χ0v) is 24.1. The first-order chi connectivity index (χ1) is 20.5. The summed E-state index contributed by atoms with van der Waals surface area (Å²) in [5.74, 6) is 2.57. The molecule has 0 saturated carbocycles. The molecule has 0 N–H and O–H groups in total. The van der Waals surface area contributed by atoms with Gasteiger partial charge in [-0.2, -0.15) is 5.26 Å². The molecule has 4 aliphatic carbocycles. The normalized spacial score (nSPS) is 36.4. The molecule has 0 aromatic heterocycles. The van der Waals surface area contributed by atoms with Gasteiger partial charge in [0.25, 0.3) is 0 Å². The number of hydrogen-bond acceptors (Lipinski definition) is 4. The first kappa shape index (κ1) is 25.4. The maximum Gasteiger partial charge on any atom is 0.147 e. The third kappa shape index (κ3) is 3.91. The number of allylic oxidation sites excluding steroid dienone is 12. The van der Waals surface area contributed by atoms with Crippen LogP contribution in [0.2, 0.25) is 0 Å². The molecular formula is C38H35N3O. The number of ether oxygens (including phenoxy) is 1. The minimum atomic E-state index is -0.634. The second-order valence-corrected chi connectivity index (χ2v) is 12.7. The van der Waals surface area contributed by atoms with Gasteiger partial charge in [0.15, 0.2) is 0 Å². The van der Waals surface area contributed by atoms with Crippen molar-refractivity contribution >= 4 is 11.9 Å². The van der Waals surface area contributed by atoms with Crippen LogP contribution in [0.1, 0.15) is 49.7 Å². The molecule has 3 aliphatic heterocycles. The summed E-state index contributed by atoms with van der Waals surface area (Å²) in [5, 5.41) is 9.48. The highest BCUT2D eigenvalue weighted by Crippen LogP contribution is 2.55. The van der Waals surface area contributed by atoms with Crippen LogP contribution in [-0.2, 0) is 0 Å². The van der Waals surface area contributed by atoms with Crippen molar-refractivity contribution in [3.8, 4) is 11.8 Å². The van der Waals surface area contributed by atoms with Crippen LogP contribution in [0.25, 0.3) is 0 Å². The Morgan fingerprint density at radius 2 is 1.76 bits per heavy atom. The molecule has 208 valence electrons. The van der Waals surface area contributed by atoms with Gasteiger partial charge in [-0.1, -0.05) is 85.9 Å². The van der Waals surface area contributed by atoms with Gasteiger partial charge in [0.05, 0.1) is 12.1 Å². The Balaban J connectivity index is 1.16. The van der Waals surface area contributed by atoms with Gasteiger partial charge in [-0.05, 0) is 60.3 Å². The smallest absolute Gasteiger partial charge is 0.147 e. The SMILES string of the molecule is CC1C=CC(N2c3ccc4c(c3C3C=CC=CC32)C2C=CC=CC2O4)=CC1C1=CC(C2=CCC(C)(C#N)N=C2)CC=C1. The van der Waals surface area contributed by atoms with Gasteiger partial charge in [0.1, 0.15) is 17.4 Å².